The zero-order valence-corrected chi connectivity index (χ0v) is 26.1. The summed E-state index contributed by atoms with van der Waals surface area (Å²) in [7, 11) is -1.63. The minimum atomic E-state index is -1.63. The molecule has 1 radical (unpaired) electrons. The molecule has 0 N–H and O–H groups in total. The molecule has 0 fully saturated rings. The Bertz CT molecular complexity index is 1810. The molecule has 0 spiro atoms. The number of pyridine rings is 2. The van der Waals surface area contributed by atoms with Gasteiger partial charge in [-0.05, 0) is 46.2 Å². The molecule has 0 bridgehead atoms. The zero-order valence-electron chi connectivity index (χ0n) is 22.7. The van der Waals surface area contributed by atoms with Crippen LogP contribution in [0.25, 0.3) is 43.7 Å². The summed E-state index contributed by atoms with van der Waals surface area (Å²) >= 11 is 0. The van der Waals surface area contributed by atoms with Gasteiger partial charge in [-0.25, -0.2) is 0 Å². The summed E-state index contributed by atoms with van der Waals surface area (Å²) in [5.74, 6) is 0. The Labute approximate surface area is 239 Å². The van der Waals surface area contributed by atoms with Crippen LogP contribution in [-0.4, -0.2) is 18.0 Å². The Morgan fingerprint density at radius 2 is 1.47 bits per heavy atom. The molecule has 4 aromatic carbocycles. The van der Waals surface area contributed by atoms with E-state index in [1.54, 1.807) is 5.19 Å². The first-order valence-electron chi connectivity index (χ1n) is 12.8. The minimum absolute atomic E-state index is 0. The van der Waals surface area contributed by atoms with E-state index in [-0.39, 0.29) is 20.1 Å². The van der Waals surface area contributed by atoms with Gasteiger partial charge in [-0.2, -0.15) is 0 Å². The summed E-state index contributed by atoms with van der Waals surface area (Å²) in [5, 5.41) is 9.84. The number of hydrogen-bond acceptors (Lipinski definition) is 2. The predicted molar refractivity (Wildman–Crippen MR) is 160 cm³/mol. The fraction of sp³-hybridized carbons (Fsp3) is 0.176. The third-order valence-corrected chi connectivity index (χ3v) is 11.2. The van der Waals surface area contributed by atoms with Crippen LogP contribution in [0.1, 0.15) is 22.3 Å². The van der Waals surface area contributed by atoms with E-state index in [4.69, 9.17) is 4.98 Å². The third kappa shape index (κ3) is 4.21. The fourth-order valence-electron chi connectivity index (χ4n) is 5.95. The Morgan fingerprint density at radius 1 is 0.737 bits per heavy atom. The van der Waals surface area contributed by atoms with E-state index >= 15 is 0 Å². The van der Waals surface area contributed by atoms with Crippen LogP contribution >= 0.6 is 0 Å². The van der Waals surface area contributed by atoms with Gasteiger partial charge in [-0.15, -0.1) is 64.0 Å². The second-order valence-electron chi connectivity index (χ2n) is 10.8. The second-order valence-corrected chi connectivity index (χ2v) is 15.1. The molecule has 191 valence electrons. The van der Waals surface area contributed by atoms with Crippen LogP contribution in [0.5, 0.6) is 0 Å². The van der Waals surface area contributed by atoms with Crippen LogP contribution in [0.4, 0.5) is 0 Å². The molecule has 3 heterocycles. The van der Waals surface area contributed by atoms with Gasteiger partial charge in [-0.1, -0.05) is 79.7 Å². The molecule has 0 aliphatic carbocycles. The van der Waals surface area contributed by atoms with Gasteiger partial charge < -0.3 is 9.97 Å². The van der Waals surface area contributed by atoms with Gasteiger partial charge in [-0.3, -0.25) is 0 Å². The van der Waals surface area contributed by atoms with Gasteiger partial charge in [0.15, 0.2) is 0 Å². The number of nitrogens with zero attached hydrogens (tertiary/aromatic N) is 2. The van der Waals surface area contributed by atoms with Crippen molar-refractivity contribution in [2.75, 3.05) is 0 Å². The van der Waals surface area contributed by atoms with E-state index in [0.29, 0.717) is 0 Å². The van der Waals surface area contributed by atoms with E-state index in [0.717, 1.165) is 16.8 Å². The number of aryl methyl sites for hydroxylation is 4. The number of aromatic nitrogens is 2. The average Bonchev–Trinajstić information content (AvgIpc) is 3.11. The number of benzene rings is 4. The number of hydrogen-bond donors (Lipinski definition) is 0. The molecule has 0 unspecified atom stereocenters. The van der Waals surface area contributed by atoms with Crippen molar-refractivity contribution in [2.24, 2.45) is 0 Å². The van der Waals surface area contributed by atoms with E-state index < -0.39 is 8.07 Å². The van der Waals surface area contributed by atoms with Gasteiger partial charge >= 0.3 is 0 Å². The maximum Gasteiger partial charge on any atom is 0.112 e. The van der Waals surface area contributed by atoms with Crippen LogP contribution in [0.2, 0.25) is 13.1 Å². The molecule has 2 aromatic heterocycles. The summed E-state index contributed by atoms with van der Waals surface area (Å²) < 4.78 is 0. The molecule has 2 nitrogen and oxygen atoms in total. The number of rotatable bonds is 1. The first kappa shape index (κ1) is 26.4. The summed E-state index contributed by atoms with van der Waals surface area (Å²) in [4.78, 5) is 9.11. The molecule has 0 atom stereocenters. The SMILES string of the molecule is Cc1[c-]c2c3nccc4c3c3c(cccc3c2c(C)c1)[Si]4(C)C.Cc1cc[c-]c(-c2cc(C)ccn2)c1.[Ir]. The average molecular weight is 687 g/mol. The van der Waals surface area contributed by atoms with Crippen molar-refractivity contribution < 1.29 is 20.1 Å². The molecule has 4 heteroatoms. The van der Waals surface area contributed by atoms with E-state index in [2.05, 4.69) is 100 Å². The van der Waals surface area contributed by atoms with Gasteiger partial charge in [0.05, 0.1) is 0 Å². The van der Waals surface area contributed by atoms with Crippen molar-refractivity contribution in [3.8, 4) is 11.3 Å². The number of fused-ring (bicyclic) bond motifs is 3. The quantitative estimate of drug-likeness (QED) is 0.103. The van der Waals surface area contributed by atoms with Gasteiger partial charge in [0.25, 0.3) is 0 Å². The molecular formula is C34H30IrN2Si-2. The molecule has 6 aromatic rings. The molecule has 0 saturated heterocycles. The first-order valence-corrected chi connectivity index (χ1v) is 15.8. The maximum atomic E-state index is 4.79. The largest absolute Gasteiger partial charge is 0.305 e. The van der Waals surface area contributed by atoms with Crippen molar-refractivity contribution in [3.63, 3.8) is 0 Å². The van der Waals surface area contributed by atoms with Crippen molar-refractivity contribution in [1.82, 2.24) is 9.97 Å². The summed E-state index contributed by atoms with van der Waals surface area (Å²) in [5.41, 5.74) is 8.18. The Kier molecular flexibility index (Phi) is 6.85. The first-order chi connectivity index (χ1) is 17.8. The maximum absolute atomic E-state index is 4.79. The van der Waals surface area contributed by atoms with Crippen LogP contribution in [0, 0.1) is 39.8 Å². The zero-order chi connectivity index (χ0) is 25.9. The topological polar surface area (TPSA) is 25.8 Å². The molecule has 1 aliphatic heterocycles. The van der Waals surface area contributed by atoms with Crippen LogP contribution in [-0.2, 0) is 20.1 Å². The fourth-order valence-corrected chi connectivity index (χ4v) is 8.99. The molecule has 1 aliphatic rings. The Hall–Kier alpha value is -3.17. The van der Waals surface area contributed by atoms with Crippen molar-refractivity contribution in [3.05, 3.63) is 107 Å². The third-order valence-electron chi connectivity index (χ3n) is 7.67. The van der Waals surface area contributed by atoms with Crippen LogP contribution in [0.15, 0.2) is 73.1 Å². The summed E-state index contributed by atoms with van der Waals surface area (Å²) in [6, 6.07) is 28.3. The van der Waals surface area contributed by atoms with Crippen molar-refractivity contribution >= 4 is 50.9 Å². The predicted octanol–water partition coefficient (Wildman–Crippen LogP) is 7.26. The Balaban J connectivity index is 0.000000170. The van der Waals surface area contributed by atoms with Gasteiger partial charge in [0, 0.05) is 32.5 Å². The van der Waals surface area contributed by atoms with E-state index in [1.165, 1.54) is 54.4 Å². The molecule has 0 amide bonds. The van der Waals surface area contributed by atoms with E-state index in [9.17, 15) is 0 Å². The second kappa shape index (κ2) is 9.85. The standard InChI is InChI=1S/C21H18NSi.C13H12N.Ir/c1-12-10-13(2)18-14-6-5-7-16-19(14)20-17(23(16,3)4)8-9-22-21(20)15(18)11-12;1-10-4-3-5-12(8-10)13-9-11(2)6-7-14-13;/h5-10H,1-4H3;3-4,6-9H,1-2H3;/q2*-1;. The summed E-state index contributed by atoms with van der Waals surface area (Å²) in [6.07, 6.45) is 3.83. The van der Waals surface area contributed by atoms with E-state index in [1.807, 2.05) is 30.6 Å². The molecule has 38 heavy (non-hydrogen) atoms. The minimum Gasteiger partial charge on any atom is -0.305 e. The molecule has 0 saturated carbocycles. The summed E-state index contributed by atoms with van der Waals surface area (Å²) in [6.45, 7) is 13.4. The van der Waals surface area contributed by atoms with Crippen LogP contribution < -0.4 is 10.4 Å². The molecule has 7 rings (SSSR count). The monoisotopic (exact) mass is 687 g/mol. The Morgan fingerprint density at radius 3 is 2.24 bits per heavy atom. The van der Waals surface area contributed by atoms with Crippen LogP contribution in [0.3, 0.4) is 0 Å². The van der Waals surface area contributed by atoms with Gasteiger partial charge in [0.2, 0.25) is 0 Å². The normalized spacial score (nSPS) is 13.0. The molecular weight excluding hydrogens is 657 g/mol. The smallest absolute Gasteiger partial charge is 0.112 e. The van der Waals surface area contributed by atoms with Crippen molar-refractivity contribution in [2.45, 2.75) is 40.8 Å². The van der Waals surface area contributed by atoms with Crippen molar-refractivity contribution in [1.29, 1.82) is 0 Å². The van der Waals surface area contributed by atoms with Gasteiger partial charge in [0.1, 0.15) is 8.07 Å².